The fourth-order valence-corrected chi connectivity index (χ4v) is 3.76. The Labute approximate surface area is 136 Å². The molecule has 1 atom stereocenters. The normalized spacial score (nSPS) is 23.2. The average Bonchev–Trinajstić information content (AvgIpc) is 3.04. The minimum Gasteiger partial charge on any atom is -0.368 e. The van der Waals surface area contributed by atoms with Crippen LogP contribution in [0.3, 0.4) is 0 Å². The number of carbonyl (C=O) groups is 2. The Morgan fingerprint density at radius 1 is 1.17 bits per heavy atom. The second-order valence-corrected chi connectivity index (χ2v) is 6.49. The van der Waals surface area contributed by atoms with E-state index in [-0.39, 0.29) is 17.9 Å². The number of hydrogen-bond donors (Lipinski definition) is 1. The van der Waals surface area contributed by atoms with Gasteiger partial charge in [-0.05, 0) is 51.3 Å². The van der Waals surface area contributed by atoms with Crippen LogP contribution in [0.4, 0.5) is 0 Å². The minimum atomic E-state index is -0.218. The number of rotatable bonds is 3. The van der Waals surface area contributed by atoms with Gasteiger partial charge in [-0.3, -0.25) is 14.5 Å². The second-order valence-electron chi connectivity index (χ2n) is 6.49. The van der Waals surface area contributed by atoms with Crippen molar-refractivity contribution in [2.24, 2.45) is 5.73 Å². The van der Waals surface area contributed by atoms with Gasteiger partial charge in [0.2, 0.25) is 5.91 Å². The Balaban J connectivity index is 1.60. The molecule has 2 aliphatic rings. The number of nitrogens with zero attached hydrogens (tertiary/aromatic N) is 3. The molecule has 0 aromatic carbocycles. The third kappa shape index (κ3) is 3.37. The first kappa shape index (κ1) is 15.9. The Hall–Kier alpha value is -1.95. The highest BCUT2D eigenvalue weighted by molar-refractivity contribution is 5.92. The standard InChI is InChI=1S/C17H24N4O2/c1-12-4-2-5-14(19-12)17(23)20-10-7-13(8-11-20)21-9-3-6-15(21)16(18)22/h2,4-5,13,15H,3,6-11H2,1H3,(H2,18,22). The van der Waals surface area contributed by atoms with Crippen LogP contribution >= 0.6 is 0 Å². The summed E-state index contributed by atoms with van der Waals surface area (Å²) in [6.45, 7) is 4.24. The number of piperidine rings is 1. The summed E-state index contributed by atoms with van der Waals surface area (Å²) in [7, 11) is 0. The van der Waals surface area contributed by atoms with E-state index in [2.05, 4.69) is 9.88 Å². The lowest BCUT2D eigenvalue weighted by Gasteiger charge is -2.38. The molecule has 0 spiro atoms. The topological polar surface area (TPSA) is 79.5 Å². The third-order valence-corrected chi connectivity index (χ3v) is 4.95. The van der Waals surface area contributed by atoms with E-state index in [9.17, 15) is 9.59 Å². The van der Waals surface area contributed by atoms with Crippen molar-refractivity contribution in [3.63, 3.8) is 0 Å². The predicted octanol–water partition coefficient (Wildman–Crippen LogP) is 0.944. The van der Waals surface area contributed by atoms with E-state index in [1.807, 2.05) is 24.0 Å². The fraction of sp³-hybridized carbons (Fsp3) is 0.588. The van der Waals surface area contributed by atoms with Crippen molar-refractivity contribution in [1.82, 2.24) is 14.8 Å². The molecular formula is C17H24N4O2. The van der Waals surface area contributed by atoms with Crippen molar-refractivity contribution in [2.45, 2.75) is 44.7 Å². The maximum Gasteiger partial charge on any atom is 0.272 e. The number of carbonyl (C=O) groups excluding carboxylic acids is 2. The van der Waals surface area contributed by atoms with Gasteiger partial charge >= 0.3 is 0 Å². The summed E-state index contributed by atoms with van der Waals surface area (Å²) in [6.07, 6.45) is 3.67. The summed E-state index contributed by atoms with van der Waals surface area (Å²) in [4.78, 5) is 32.5. The Morgan fingerprint density at radius 3 is 2.57 bits per heavy atom. The van der Waals surface area contributed by atoms with Crippen molar-refractivity contribution in [1.29, 1.82) is 0 Å². The lowest BCUT2D eigenvalue weighted by molar-refractivity contribution is -0.123. The number of nitrogens with two attached hydrogens (primary N) is 1. The van der Waals surface area contributed by atoms with Crippen LogP contribution in [0.25, 0.3) is 0 Å². The molecule has 1 aromatic heterocycles. The molecule has 0 bridgehead atoms. The van der Waals surface area contributed by atoms with Crippen molar-refractivity contribution >= 4 is 11.8 Å². The first-order valence-corrected chi connectivity index (χ1v) is 8.34. The quantitative estimate of drug-likeness (QED) is 0.900. The van der Waals surface area contributed by atoms with E-state index in [0.717, 1.165) is 37.9 Å². The van der Waals surface area contributed by atoms with Gasteiger partial charge in [0.15, 0.2) is 0 Å². The van der Waals surface area contributed by atoms with Crippen molar-refractivity contribution in [3.05, 3.63) is 29.6 Å². The molecule has 2 saturated heterocycles. The van der Waals surface area contributed by atoms with Crippen LogP contribution in [-0.4, -0.2) is 58.3 Å². The molecule has 2 fully saturated rings. The Kier molecular flexibility index (Phi) is 4.61. The van der Waals surface area contributed by atoms with Crippen LogP contribution in [0, 0.1) is 6.92 Å². The van der Waals surface area contributed by atoms with Crippen molar-refractivity contribution < 1.29 is 9.59 Å². The minimum absolute atomic E-state index is 0.0000215. The zero-order valence-electron chi connectivity index (χ0n) is 13.6. The molecule has 124 valence electrons. The van der Waals surface area contributed by atoms with Crippen LogP contribution in [0.5, 0.6) is 0 Å². The van der Waals surface area contributed by atoms with Gasteiger partial charge in [-0.25, -0.2) is 4.98 Å². The maximum atomic E-state index is 12.5. The Bertz CT molecular complexity index is 596. The van der Waals surface area contributed by atoms with E-state index in [1.165, 1.54) is 0 Å². The smallest absolute Gasteiger partial charge is 0.272 e. The highest BCUT2D eigenvalue weighted by atomic mass is 16.2. The highest BCUT2D eigenvalue weighted by Gasteiger charge is 2.36. The zero-order valence-corrected chi connectivity index (χ0v) is 13.6. The molecule has 1 unspecified atom stereocenters. The van der Waals surface area contributed by atoms with Gasteiger partial charge in [-0.1, -0.05) is 6.07 Å². The van der Waals surface area contributed by atoms with Gasteiger partial charge in [0, 0.05) is 24.8 Å². The molecule has 1 aromatic rings. The molecular weight excluding hydrogens is 292 g/mol. The number of hydrogen-bond acceptors (Lipinski definition) is 4. The highest BCUT2D eigenvalue weighted by Crippen LogP contribution is 2.26. The lowest BCUT2D eigenvalue weighted by Crippen LogP contribution is -2.51. The lowest BCUT2D eigenvalue weighted by atomic mass is 10.0. The zero-order chi connectivity index (χ0) is 16.4. The SMILES string of the molecule is Cc1cccc(C(=O)N2CCC(N3CCCC3C(N)=O)CC2)n1. The van der Waals surface area contributed by atoms with Crippen LogP contribution in [0.2, 0.25) is 0 Å². The molecule has 6 nitrogen and oxygen atoms in total. The molecule has 0 saturated carbocycles. The largest absolute Gasteiger partial charge is 0.368 e. The van der Waals surface area contributed by atoms with E-state index in [4.69, 9.17) is 5.73 Å². The van der Waals surface area contributed by atoms with Gasteiger partial charge < -0.3 is 10.6 Å². The molecule has 2 amide bonds. The predicted molar refractivity (Wildman–Crippen MR) is 86.8 cm³/mol. The summed E-state index contributed by atoms with van der Waals surface area (Å²) in [5.41, 5.74) is 6.87. The second kappa shape index (κ2) is 6.66. The molecule has 2 aliphatic heterocycles. The number of likely N-dealkylation sites (tertiary alicyclic amines) is 2. The molecule has 23 heavy (non-hydrogen) atoms. The van der Waals surface area contributed by atoms with Gasteiger partial charge in [-0.2, -0.15) is 0 Å². The van der Waals surface area contributed by atoms with Crippen molar-refractivity contribution in [3.8, 4) is 0 Å². The van der Waals surface area contributed by atoms with E-state index < -0.39 is 0 Å². The van der Waals surface area contributed by atoms with Crippen molar-refractivity contribution in [2.75, 3.05) is 19.6 Å². The van der Waals surface area contributed by atoms with Gasteiger partial charge in [-0.15, -0.1) is 0 Å². The summed E-state index contributed by atoms with van der Waals surface area (Å²) < 4.78 is 0. The number of aryl methyl sites for hydroxylation is 1. The van der Waals surface area contributed by atoms with Crippen LogP contribution in [0.1, 0.15) is 41.9 Å². The molecule has 0 radical (unpaired) electrons. The van der Waals surface area contributed by atoms with E-state index in [1.54, 1.807) is 6.07 Å². The number of primary amides is 1. The number of aromatic nitrogens is 1. The van der Waals surface area contributed by atoms with E-state index in [0.29, 0.717) is 24.8 Å². The van der Waals surface area contributed by atoms with Crippen LogP contribution < -0.4 is 5.73 Å². The third-order valence-electron chi connectivity index (χ3n) is 4.95. The van der Waals surface area contributed by atoms with Crippen LogP contribution in [0.15, 0.2) is 18.2 Å². The molecule has 3 heterocycles. The average molecular weight is 316 g/mol. The summed E-state index contributed by atoms with van der Waals surface area (Å²) in [5.74, 6) is -0.218. The summed E-state index contributed by atoms with van der Waals surface area (Å²) >= 11 is 0. The Morgan fingerprint density at radius 2 is 1.91 bits per heavy atom. The maximum absolute atomic E-state index is 12.5. The van der Waals surface area contributed by atoms with E-state index >= 15 is 0 Å². The van der Waals surface area contributed by atoms with Gasteiger partial charge in [0.25, 0.3) is 5.91 Å². The fourth-order valence-electron chi connectivity index (χ4n) is 3.76. The van der Waals surface area contributed by atoms with Gasteiger partial charge in [0.05, 0.1) is 6.04 Å². The molecule has 3 rings (SSSR count). The molecule has 2 N–H and O–H groups in total. The summed E-state index contributed by atoms with van der Waals surface area (Å²) in [6, 6.07) is 5.75. The molecule has 0 aliphatic carbocycles. The first-order chi connectivity index (χ1) is 11.1. The first-order valence-electron chi connectivity index (χ1n) is 8.34. The van der Waals surface area contributed by atoms with Gasteiger partial charge in [0.1, 0.15) is 5.69 Å². The van der Waals surface area contributed by atoms with Crippen LogP contribution in [-0.2, 0) is 4.79 Å². The summed E-state index contributed by atoms with van der Waals surface area (Å²) in [5, 5.41) is 0. The number of amides is 2. The number of pyridine rings is 1. The molecule has 6 heteroatoms. The monoisotopic (exact) mass is 316 g/mol.